The minimum atomic E-state index is 0.401. The van der Waals surface area contributed by atoms with E-state index in [0.717, 1.165) is 17.8 Å². The van der Waals surface area contributed by atoms with Crippen LogP contribution in [0.3, 0.4) is 0 Å². The Labute approximate surface area is 126 Å². The molecule has 4 bridgehead atoms. The fourth-order valence-electron chi connectivity index (χ4n) is 5.98. The third-order valence-electron chi connectivity index (χ3n) is 6.49. The monoisotopic (exact) mass is 277 g/mol. The minimum Gasteiger partial charge on any atom is -0.313 e. The number of hydrogen-bond acceptors (Lipinski definition) is 1. The smallest absolute Gasteiger partial charge is 0.0121 e. The molecule has 1 atom stereocenters. The van der Waals surface area contributed by atoms with Crippen LogP contribution >= 0.6 is 0 Å². The van der Waals surface area contributed by atoms with Gasteiger partial charge < -0.3 is 5.32 Å². The van der Waals surface area contributed by atoms with Gasteiger partial charge in [-0.05, 0) is 86.5 Å². The summed E-state index contributed by atoms with van der Waals surface area (Å²) in [7, 11) is 0. The van der Waals surface area contributed by atoms with Crippen molar-refractivity contribution in [2.45, 2.75) is 85.1 Å². The van der Waals surface area contributed by atoms with Gasteiger partial charge in [0.1, 0.15) is 0 Å². The average Bonchev–Trinajstić information content (AvgIpc) is 2.31. The van der Waals surface area contributed by atoms with Crippen molar-refractivity contribution in [3.63, 3.8) is 0 Å². The first-order chi connectivity index (χ1) is 9.40. The van der Waals surface area contributed by atoms with Crippen molar-refractivity contribution in [2.75, 3.05) is 6.54 Å². The Kier molecular flexibility index (Phi) is 3.95. The average molecular weight is 277 g/mol. The molecular weight excluding hydrogens is 242 g/mol. The van der Waals surface area contributed by atoms with E-state index < -0.39 is 0 Å². The van der Waals surface area contributed by atoms with E-state index in [2.05, 4.69) is 33.0 Å². The molecule has 20 heavy (non-hydrogen) atoms. The van der Waals surface area contributed by atoms with Crippen molar-refractivity contribution in [1.29, 1.82) is 0 Å². The summed E-state index contributed by atoms with van der Waals surface area (Å²) in [5.41, 5.74) is 1.12. The molecule has 0 heterocycles. The lowest BCUT2D eigenvalue weighted by Gasteiger charge is -2.58. The largest absolute Gasteiger partial charge is 0.313 e. The van der Waals surface area contributed by atoms with Crippen LogP contribution in [0.1, 0.15) is 79.1 Å². The van der Waals surface area contributed by atoms with Gasteiger partial charge in [0.2, 0.25) is 0 Å². The fourth-order valence-corrected chi connectivity index (χ4v) is 5.98. The van der Waals surface area contributed by atoms with Crippen molar-refractivity contribution in [3.8, 4) is 0 Å². The third kappa shape index (κ3) is 2.93. The molecule has 0 radical (unpaired) electrons. The second-order valence-electron chi connectivity index (χ2n) is 9.49. The molecule has 4 aliphatic carbocycles. The maximum atomic E-state index is 3.88. The highest BCUT2D eigenvalue weighted by molar-refractivity contribution is 5.03. The molecule has 0 saturated heterocycles. The molecule has 0 amide bonds. The van der Waals surface area contributed by atoms with Crippen molar-refractivity contribution >= 4 is 0 Å². The standard InChI is InChI=1S/C19H35N/c1-5-6-20-17(18(2,3)4)13-19-10-14-7-15(11-19)9-16(8-14)12-19/h14-17,20H,5-13H2,1-4H3. The Morgan fingerprint density at radius 3 is 1.90 bits per heavy atom. The summed E-state index contributed by atoms with van der Waals surface area (Å²) < 4.78 is 0. The fraction of sp³-hybridized carbons (Fsp3) is 1.00. The highest BCUT2D eigenvalue weighted by Crippen LogP contribution is 2.62. The first-order valence-corrected chi connectivity index (χ1v) is 9.13. The summed E-state index contributed by atoms with van der Waals surface area (Å²) in [5, 5.41) is 3.88. The van der Waals surface area contributed by atoms with E-state index in [1.54, 1.807) is 38.5 Å². The van der Waals surface area contributed by atoms with Gasteiger partial charge in [0.15, 0.2) is 0 Å². The predicted molar refractivity (Wildman–Crippen MR) is 86.8 cm³/mol. The second-order valence-corrected chi connectivity index (χ2v) is 9.49. The van der Waals surface area contributed by atoms with E-state index in [1.807, 2.05) is 0 Å². The maximum Gasteiger partial charge on any atom is 0.0121 e. The predicted octanol–water partition coefficient (Wildman–Crippen LogP) is 5.01. The molecule has 0 aliphatic heterocycles. The molecule has 1 nitrogen and oxygen atoms in total. The van der Waals surface area contributed by atoms with Crippen LogP contribution in [-0.2, 0) is 0 Å². The normalized spacial score (nSPS) is 41.1. The van der Waals surface area contributed by atoms with E-state index in [-0.39, 0.29) is 0 Å². The van der Waals surface area contributed by atoms with Crippen LogP contribution in [0.25, 0.3) is 0 Å². The highest BCUT2D eigenvalue weighted by Gasteiger charge is 2.51. The minimum absolute atomic E-state index is 0.401. The van der Waals surface area contributed by atoms with Crippen molar-refractivity contribution in [3.05, 3.63) is 0 Å². The number of rotatable bonds is 5. The van der Waals surface area contributed by atoms with Crippen LogP contribution in [0.4, 0.5) is 0 Å². The van der Waals surface area contributed by atoms with Gasteiger partial charge in [0.25, 0.3) is 0 Å². The molecular formula is C19H35N. The van der Waals surface area contributed by atoms with Crippen molar-refractivity contribution in [1.82, 2.24) is 5.32 Å². The van der Waals surface area contributed by atoms with Gasteiger partial charge in [0.05, 0.1) is 0 Å². The summed E-state index contributed by atoms with van der Waals surface area (Å²) in [5.74, 6) is 3.27. The molecule has 0 aromatic rings. The molecule has 4 rings (SSSR count). The molecule has 0 aromatic carbocycles. The van der Waals surface area contributed by atoms with E-state index in [1.165, 1.54) is 19.4 Å². The number of hydrogen-bond donors (Lipinski definition) is 1. The molecule has 116 valence electrons. The molecule has 1 heteroatoms. The van der Waals surface area contributed by atoms with Gasteiger partial charge in [-0.15, -0.1) is 0 Å². The molecule has 4 fully saturated rings. The Morgan fingerprint density at radius 2 is 1.50 bits per heavy atom. The van der Waals surface area contributed by atoms with E-state index in [9.17, 15) is 0 Å². The molecule has 1 unspecified atom stereocenters. The number of nitrogens with one attached hydrogen (secondary N) is 1. The molecule has 4 aliphatic rings. The highest BCUT2D eigenvalue weighted by atomic mass is 14.9. The van der Waals surface area contributed by atoms with Gasteiger partial charge in [-0.25, -0.2) is 0 Å². The Hall–Kier alpha value is -0.0400. The summed E-state index contributed by atoms with van der Waals surface area (Å²) in [6, 6.07) is 0.707. The zero-order valence-electron chi connectivity index (χ0n) is 14.2. The van der Waals surface area contributed by atoms with Crippen LogP contribution in [0.5, 0.6) is 0 Å². The van der Waals surface area contributed by atoms with Crippen molar-refractivity contribution < 1.29 is 0 Å². The summed E-state index contributed by atoms with van der Waals surface area (Å²) >= 11 is 0. The first kappa shape index (κ1) is 14.9. The Bertz CT molecular complexity index is 303. The topological polar surface area (TPSA) is 12.0 Å². The SMILES string of the molecule is CCCNC(CC12CC3CC(CC(C3)C1)C2)C(C)(C)C. The molecule has 0 aromatic heterocycles. The lowest BCUT2D eigenvalue weighted by Crippen LogP contribution is -2.51. The van der Waals surface area contributed by atoms with Crippen LogP contribution in [0.15, 0.2) is 0 Å². The summed E-state index contributed by atoms with van der Waals surface area (Å²) in [6.07, 6.45) is 12.1. The van der Waals surface area contributed by atoms with Crippen LogP contribution in [0, 0.1) is 28.6 Å². The first-order valence-electron chi connectivity index (χ1n) is 9.13. The summed E-state index contributed by atoms with van der Waals surface area (Å²) in [4.78, 5) is 0. The molecule has 1 N–H and O–H groups in total. The zero-order chi connectivity index (χ0) is 14.4. The van der Waals surface area contributed by atoms with Crippen LogP contribution in [0.2, 0.25) is 0 Å². The third-order valence-corrected chi connectivity index (χ3v) is 6.49. The van der Waals surface area contributed by atoms with E-state index in [4.69, 9.17) is 0 Å². The van der Waals surface area contributed by atoms with Crippen LogP contribution in [-0.4, -0.2) is 12.6 Å². The quantitative estimate of drug-likeness (QED) is 0.745. The van der Waals surface area contributed by atoms with Gasteiger partial charge in [-0.3, -0.25) is 0 Å². The van der Waals surface area contributed by atoms with Gasteiger partial charge in [-0.2, -0.15) is 0 Å². The second kappa shape index (κ2) is 5.30. The van der Waals surface area contributed by atoms with E-state index in [0.29, 0.717) is 16.9 Å². The Morgan fingerprint density at radius 1 is 1.00 bits per heavy atom. The van der Waals surface area contributed by atoms with Gasteiger partial charge in [-0.1, -0.05) is 27.7 Å². The lowest BCUT2D eigenvalue weighted by atomic mass is 9.48. The van der Waals surface area contributed by atoms with Crippen LogP contribution < -0.4 is 5.32 Å². The molecule has 4 saturated carbocycles. The van der Waals surface area contributed by atoms with E-state index >= 15 is 0 Å². The molecule has 0 spiro atoms. The van der Waals surface area contributed by atoms with Gasteiger partial charge in [0, 0.05) is 6.04 Å². The lowest BCUT2D eigenvalue weighted by molar-refractivity contribution is -0.0677. The zero-order valence-corrected chi connectivity index (χ0v) is 14.2. The Balaban J connectivity index is 1.71. The summed E-state index contributed by atoms with van der Waals surface area (Å²) in [6.45, 7) is 10.8. The van der Waals surface area contributed by atoms with Gasteiger partial charge >= 0.3 is 0 Å². The maximum absolute atomic E-state index is 3.88. The van der Waals surface area contributed by atoms with Crippen molar-refractivity contribution in [2.24, 2.45) is 28.6 Å².